The highest BCUT2D eigenvalue weighted by atomic mass is 16.2. The van der Waals surface area contributed by atoms with Gasteiger partial charge in [-0.15, -0.1) is 0 Å². The van der Waals surface area contributed by atoms with Crippen LogP contribution in [0, 0.1) is 0 Å². The lowest BCUT2D eigenvalue weighted by Crippen LogP contribution is -2.40. The largest absolute Gasteiger partial charge is 0.342 e. The fourth-order valence-corrected chi connectivity index (χ4v) is 3.87. The van der Waals surface area contributed by atoms with Gasteiger partial charge in [0.1, 0.15) is 11.5 Å². The highest BCUT2D eigenvalue weighted by Gasteiger charge is 2.31. The van der Waals surface area contributed by atoms with Gasteiger partial charge in [-0.25, -0.2) is 14.9 Å². The number of nitrogens with one attached hydrogen (secondary N) is 2. The predicted molar refractivity (Wildman–Crippen MR) is 103 cm³/mol. The van der Waals surface area contributed by atoms with Crippen LogP contribution in [0.1, 0.15) is 43.2 Å². The molecule has 9 heteroatoms. The fraction of sp³-hybridized carbons (Fsp3) is 0.421. The summed E-state index contributed by atoms with van der Waals surface area (Å²) in [7, 11) is 1.98. The lowest BCUT2D eigenvalue weighted by Gasteiger charge is -2.35. The minimum absolute atomic E-state index is 0.0378. The quantitative estimate of drug-likeness (QED) is 0.699. The summed E-state index contributed by atoms with van der Waals surface area (Å²) in [6, 6.07) is 7.85. The molecule has 0 radical (unpaired) electrons. The molecule has 1 saturated heterocycles. The maximum absolute atomic E-state index is 12.9. The van der Waals surface area contributed by atoms with Crippen LogP contribution in [0.2, 0.25) is 0 Å². The second kappa shape index (κ2) is 7.41. The Morgan fingerprint density at radius 1 is 1.25 bits per heavy atom. The summed E-state index contributed by atoms with van der Waals surface area (Å²) < 4.78 is 2.06. The number of hydrogen-bond donors (Lipinski definition) is 2. The minimum atomic E-state index is -0.655. The number of nitrogens with zero attached hydrogens (tertiary/aromatic N) is 4. The molecule has 0 saturated carbocycles. The van der Waals surface area contributed by atoms with E-state index in [4.69, 9.17) is 4.98 Å². The van der Waals surface area contributed by atoms with Gasteiger partial charge in [-0.3, -0.25) is 14.6 Å². The molecule has 0 spiro atoms. The molecule has 1 amide bonds. The summed E-state index contributed by atoms with van der Waals surface area (Å²) in [5.74, 6) is 0.846. The number of aryl methyl sites for hydroxylation is 2. The van der Waals surface area contributed by atoms with Crippen LogP contribution in [-0.2, 0) is 18.3 Å². The Kier molecular flexibility index (Phi) is 4.81. The molecule has 4 rings (SSSR count). The maximum atomic E-state index is 12.9. The van der Waals surface area contributed by atoms with Gasteiger partial charge in [-0.05, 0) is 31.4 Å². The highest BCUT2D eigenvalue weighted by molar-refractivity contribution is 5.78. The van der Waals surface area contributed by atoms with Gasteiger partial charge < -0.3 is 9.47 Å². The molecule has 28 heavy (non-hydrogen) atoms. The van der Waals surface area contributed by atoms with E-state index in [0.29, 0.717) is 6.54 Å². The van der Waals surface area contributed by atoms with Crippen LogP contribution >= 0.6 is 0 Å². The van der Waals surface area contributed by atoms with Crippen LogP contribution < -0.4 is 11.2 Å². The fourth-order valence-electron chi connectivity index (χ4n) is 3.87. The number of benzene rings is 1. The predicted octanol–water partition coefficient (Wildman–Crippen LogP) is 1.03. The minimum Gasteiger partial charge on any atom is -0.332 e. The molecule has 146 valence electrons. The number of amides is 1. The van der Waals surface area contributed by atoms with Crippen molar-refractivity contribution in [3.05, 3.63) is 56.6 Å². The summed E-state index contributed by atoms with van der Waals surface area (Å²) in [5, 5.41) is 5.95. The number of piperidine rings is 1. The number of carbonyl (C=O) groups is 1. The summed E-state index contributed by atoms with van der Waals surface area (Å²) in [6.45, 7) is 0.669. The Morgan fingerprint density at radius 2 is 2.07 bits per heavy atom. The van der Waals surface area contributed by atoms with Gasteiger partial charge in [0.05, 0.1) is 17.1 Å². The molecule has 2 aromatic heterocycles. The third kappa shape index (κ3) is 3.35. The van der Waals surface area contributed by atoms with Crippen molar-refractivity contribution in [1.82, 2.24) is 29.6 Å². The smallest absolute Gasteiger partial charge is 0.332 e. The molecule has 0 unspecified atom stereocenters. The molecule has 1 aliphatic heterocycles. The van der Waals surface area contributed by atoms with Crippen LogP contribution in [0.3, 0.4) is 0 Å². The first kappa shape index (κ1) is 18.1. The summed E-state index contributed by atoms with van der Waals surface area (Å²) >= 11 is 0. The van der Waals surface area contributed by atoms with Crippen molar-refractivity contribution in [2.45, 2.75) is 38.1 Å². The molecule has 3 aromatic rings. The zero-order valence-corrected chi connectivity index (χ0v) is 15.6. The number of aromatic nitrogens is 5. The molecule has 1 aliphatic rings. The van der Waals surface area contributed by atoms with Gasteiger partial charge in [0.25, 0.3) is 5.56 Å². The summed E-state index contributed by atoms with van der Waals surface area (Å²) in [6.07, 6.45) is 3.18. The van der Waals surface area contributed by atoms with E-state index >= 15 is 0 Å². The van der Waals surface area contributed by atoms with Crippen LogP contribution in [0.5, 0.6) is 0 Å². The zero-order valence-electron chi connectivity index (χ0n) is 15.6. The van der Waals surface area contributed by atoms with Crippen molar-refractivity contribution >= 4 is 16.9 Å². The average molecular weight is 382 g/mol. The van der Waals surface area contributed by atoms with Crippen LogP contribution in [0.25, 0.3) is 11.0 Å². The van der Waals surface area contributed by atoms with Gasteiger partial charge in [-0.2, -0.15) is 5.10 Å². The van der Waals surface area contributed by atoms with Crippen molar-refractivity contribution < 1.29 is 4.79 Å². The van der Waals surface area contributed by atoms with E-state index in [9.17, 15) is 14.4 Å². The number of H-pyrrole nitrogens is 2. The van der Waals surface area contributed by atoms with E-state index in [-0.39, 0.29) is 30.5 Å². The van der Waals surface area contributed by atoms with Gasteiger partial charge in [0.2, 0.25) is 5.91 Å². The van der Waals surface area contributed by atoms with Gasteiger partial charge in [0.15, 0.2) is 0 Å². The van der Waals surface area contributed by atoms with E-state index in [1.165, 1.54) is 0 Å². The molecular formula is C19H22N6O3. The van der Waals surface area contributed by atoms with E-state index in [2.05, 4.69) is 19.7 Å². The Balaban J connectivity index is 1.56. The molecule has 9 nitrogen and oxygen atoms in total. The summed E-state index contributed by atoms with van der Waals surface area (Å²) in [4.78, 5) is 44.6. The van der Waals surface area contributed by atoms with Crippen molar-refractivity contribution in [3.63, 3.8) is 0 Å². The van der Waals surface area contributed by atoms with Crippen molar-refractivity contribution in [1.29, 1.82) is 0 Å². The Morgan fingerprint density at radius 3 is 2.86 bits per heavy atom. The average Bonchev–Trinajstić information content (AvgIpc) is 3.04. The number of rotatable bonds is 4. The molecule has 0 aliphatic carbocycles. The van der Waals surface area contributed by atoms with Gasteiger partial charge >= 0.3 is 5.69 Å². The summed E-state index contributed by atoms with van der Waals surface area (Å²) in [5.41, 5.74) is 0.908. The second-order valence-electron chi connectivity index (χ2n) is 7.07. The Hall–Kier alpha value is -3.23. The number of likely N-dealkylation sites (tertiary alicyclic amines) is 1. The topological polar surface area (TPSA) is 117 Å². The van der Waals surface area contributed by atoms with Crippen molar-refractivity contribution in [3.8, 4) is 0 Å². The molecule has 1 fully saturated rings. The third-order valence-corrected chi connectivity index (χ3v) is 5.30. The molecule has 1 aromatic carbocycles. The lowest BCUT2D eigenvalue weighted by molar-refractivity contribution is -0.135. The van der Waals surface area contributed by atoms with E-state index < -0.39 is 11.2 Å². The zero-order chi connectivity index (χ0) is 19.7. The molecular weight excluding hydrogens is 360 g/mol. The number of imidazole rings is 1. The van der Waals surface area contributed by atoms with Crippen LogP contribution in [-0.4, -0.2) is 42.1 Å². The Bertz CT molecular complexity index is 1130. The third-order valence-electron chi connectivity index (χ3n) is 5.30. The van der Waals surface area contributed by atoms with E-state index in [1.54, 1.807) is 0 Å². The molecule has 2 N–H and O–H groups in total. The number of para-hydroxylation sites is 2. The number of carbonyl (C=O) groups excluding carboxylic acids is 1. The number of aromatic amines is 2. The van der Waals surface area contributed by atoms with E-state index in [0.717, 1.165) is 36.1 Å². The first-order chi connectivity index (χ1) is 13.5. The first-order valence-corrected chi connectivity index (χ1v) is 9.43. The maximum Gasteiger partial charge on any atom is 0.342 e. The number of hydrogen-bond acceptors (Lipinski definition) is 5. The lowest BCUT2D eigenvalue weighted by atomic mass is 10.0. The normalized spacial score (nSPS) is 17.2. The molecule has 0 bridgehead atoms. The second-order valence-corrected chi connectivity index (χ2v) is 7.07. The number of fused-ring (bicyclic) bond motifs is 1. The van der Waals surface area contributed by atoms with Crippen LogP contribution in [0.4, 0.5) is 0 Å². The molecule has 1 atom stereocenters. The Labute approximate surface area is 160 Å². The van der Waals surface area contributed by atoms with Crippen molar-refractivity contribution in [2.75, 3.05) is 6.54 Å². The van der Waals surface area contributed by atoms with Crippen LogP contribution in [0.15, 0.2) is 33.9 Å². The first-order valence-electron chi connectivity index (χ1n) is 9.43. The highest BCUT2D eigenvalue weighted by Crippen LogP contribution is 2.32. The SMILES string of the molecule is Cn1c([C@H]2CCCCN2C(=O)CCc2n[nH]c(=O)[nH]c2=O)nc2ccccc21. The van der Waals surface area contributed by atoms with Crippen molar-refractivity contribution in [2.24, 2.45) is 7.05 Å². The standard InChI is InChI=1S/C19H22N6O3/c1-24-14-7-3-2-6-12(14)20-17(24)15-8-4-5-11-25(15)16(26)10-9-13-18(27)21-19(28)23-22-13/h2-3,6-7,15H,4-5,8-11H2,1H3,(H2,21,23,27,28)/t15-/m1/s1. The monoisotopic (exact) mass is 382 g/mol. The molecule has 3 heterocycles. The van der Waals surface area contributed by atoms with E-state index in [1.807, 2.05) is 36.2 Å². The van der Waals surface area contributed by atoms with Gasteiger partial charge in [-0.1, -0.05) is 12.1 Å². The van der Waals surface area contributed by atoms with Gasteiger partial charge in [0, 0.05) is 26.4 Å².